The molecule has 1 aromatic rings. The van der Waals surface area contributed by atoms with E-state index in [9.17, 15) is 4.79 Å². The van der Waals surface area contributed by atoms with Gasteiger partial charge in [-0.1, -0.05) is 20.8 Å². The first-order valence-corrected chi connectivity index (χ1v) is 6.63. The second kappa shape index (κ2) is 7.21. The molecule has 102 valence electrons. The number of carbonyl (C=O) groups excluding carboxylic acids is 1. The molecule has 0 bridgehead atoms. The first kappa shape index (κ1) is 14.8. The van der Waals surface area contributed by atoms with E-state index in [4.69, 9.17) is 4.74 Å². The van der Waals surface area contributed by atoms with Gasteiger partial charge >= 0.3 is 5.97 Å². The highest BCUT2D eigenvalue weighted by Crippen LogP contribution is 2.21. The van der Waals surface area contributed by atoms with E-state index in [-0.39, 0.29) is 12.5 Å². The van der Waals surface area contributed by atoms with Gasteiger partial charge in [0, 0.05) is 18.4 Å². The number of rotatable bonds is 7. The van der Waals surface area contributed by atoms with Crippen LogP contribution in [0.2, 0.25) is 0 Å². The van der Waals surface area contributed by atoms with Gasteiger partial charge in [-0.3, -0.25) is 4.79 Å². The molecule has 0 spiro atoms. The summed E-state index contributed by atoms with van der Waals surface area (Å²) in [5, 5.41) is 3.46. The third-order valence-electron chi connectivity index (χ3n) is 2.84. The number of ether oxygens (including phenoxy) is 1. The van der Waals surface area contributed by atoms with Gasteiger partial charge in [-0.25, -0.2) is 0 Å². The zero-order chi connectivity index (χ0) is 13.5. The summed E-state index contributed by atoms with van der Waals surface area (Å²) >= 11 is 0. The summed E-state index contributed by atoms with van der Waals surface area (Å²) in [6.07, 6.45) is 3.95. The quantitative estimate of drug-likeness (QED) is 0.758. The normalized spacial score (nSPS) is 12.7. The fraction of sp³-hybridized carbons (Fsp3) is 0.643. The SMILES string of the molecule is CCNC(c1ccn(CC(=O)OCC)c1)C(C)C. The molecule has 1 heterocycles. The van der Waals surface area contributed by atoms with Crippen LogP contribution in [0.15, 0.2) is 18.5 Å². The highest BCUT2D eigenvalue weighted by molar-refractivity contribution is 5.69. The van der Waals surface area contributed by atoms with Crippen molar-refractivity contribution in [3.63, 3.8) is 0 Å². The summed E-state index contributed by atoms with van der Waals surface area (Å²) in [6.45, 7) is 9.95. The van der Waals surface area contributed by atoms with Gasteiger partial charge in [0.15, 0.2) is 0 Å². The van der Waals surface area contributed by atoms with Crippen LogP contribution in [0.5, 0.6) is 0 Å². The fourth-order valence-corrected chi connectivity index (χ4v) is 2.06. The molecule has 0 saturated carbocycles. The van der Waals surface area contributed by atoms with E-state index in [1.165, 1.54) is 5.56 Å². The second-order valence-corrected chi connectivity index (χ2v) is 4.70. The molecule has 1 aromatic heterocycles. The third-order valence-corrected chi connectivity index (χ3v) is 2.84. The van der Waals surface area contributed by atoms with E-state index in [1.54, 1.807) is 0 Å². The number of carbonyl (C=O) groups is 1. The molecule has 0 aliphatic carbocycles. The molecular weight excluding hydrogens is 228 g/mol. The Balaban J connectivity index is 2.68. The van der Waals surface area contributed by atoms with E-state index in [0.717, 1.165) is 6.54 Å². The summed E-state index contributed by atoms with van der Waals surface area (Å²) in [7, 11) is 0. The van der Waals surface area contributed by atoms with Crippen LogP contribution in [-0.4, -0.2) is 23.7 Å². The summed E-state index contributed by atoms with van der Waals surface area (Å²) in [5.41, 5.74) is 1.22. The van der Waals surface area contributed by atoms with E-state index < -0.39 is 0 Å². The molecule has 1 atom stereocenters. The van der Waals surface area contributed by atoms with Gasteiger partial charge in [0.2, 0.25) is 0 Å². The van der Waals surface area contributed by atoms with Gasteiger partial charge in [0.05, 0.1) is 6.61 Å². The first-order valence-electron chi connectivity index (χ1n) is 6.63. The average molecular weight is 252 g/mol. The summed E-state index contributed by atoms with van der Waals surface area (Å²) in [6, 6.07) is 2.39. The van der Waals surface area contributed by atoms with Crippen LogP contribution < -0.4 is 5.32 Å². The van der Waals surface area contributed by atoms with Crippen LogP contribution in [-0.2, 0) is 16.1 Å². The molecule has 0 amide bonds. The number of hydrogen-bond acceptors (Lipinski definition) is 3. The molecule has 1 rings (SSSR count). The van der Waals surface area contributed by atoms with Crippen molar-refractivity contribution in [2.75, 3.05) is 13.2 Å². The van der Waals surface area contributed by atoms with Crippen molar-refractivity contribution >= 4 is 5.97 Å². The Bertz CT molecular complexity index is 372. The van der Waals surface area contributed by atoms with Crippen molar-refractivity contribution in [3.05, 3.63) is 24.0 Å². The smallest absolute Gasteiger partial charge is 0.325 e. The lowest BCUT2D eigenvalue weighted by atomic mass is 9.98. The van der Waals surface area contributed by atoms with Gasteiger partial charge in [-0.2, -0.15) is 0 Å². The lowest BCUT2D eigenvalue weighted by Crippen LogP contribution is -2.25. The van der Waals surface area contributed by atoms with Crippen molar-refractivity contribution in [2.24, 2.45) is 5.92 Å². The number of nitrogens with one attached hydrogen (secondary N) is 1. The highest BCUT2D eigenvalue weighted by Gasteiger charge is 2.16. The lowest BCUT2D eigenvalue weighted by molar-refractivity contribution is -0.143. The predicted molar refractivity (Wildman–Crippen MR) is 72.3 cm³/mol. The molecule has 0 aliphatic rings. The van der Waals surface area contributed by atoms with Crippen molar-refractivity contribution < 1.29 is 9.53 Å². The van der Waals surface area contributed by atoms with Gasteiger partial charge in [-0.05, 0) is 31.0 Å². The highest BCUT2D eigenvalue weighted by atomic mass is 16.5. The van der Waals surface area contributed by atoms with Crippen molar-refractivity contribution in [3.8, 4) is 0 Å². The van der Waals surface area contributed by atoms with E-state index in [2.05, 4.69) is 32.2 Å². The summed E-state index contributed by atoms with van der Waals surface area (Å²) in [4.78, 5) is 11.4. The minimum Gasteiger partial charge on any atom is -0.465 e. The Hall–Kier alpha value is -1.29. The Morgan fingerprint density at radius 3 is 2.72 bits per heavy atom. The zero-order valence-corrected chi connectivity index (χ0v) is 11.8. The maximum absolute atomic E-state index is 11.4. The molecule has 0 fully saturated rings. The van der Waals surface area contributed by atoms with Gasteiger partial charge in [-0.15, -0.1) is 0 Å². The molecular formula is C14H24N2O2. The van der Waals surface area contributed by atoms with Crippen LogP contribution in [0.4, 0.5) is 0 Å². The molecule has 4 nitrogen and oxygen atoms in total. The van der Waals surface area contributed by atoms with Crippen LogP contribution in [0, 0.1) is 5.92 Å². The number of aromatic nitrogens is 1. The largest absolute Gasteiger partial charge is 0.465 e. The molecule has 1 N–H and O–H groups in total. The Kier molecular flexibility index (Phi) is 5.92. The minimum absolute atomic E-state index is 0.191. The van der Waals surface area contributed by atoms with E-state index in [1.807, 2.05) is 23.9 Å². The van der Waals surface area contributed by atoms with Crippen LogP contribution in [0.1, 0.15) is 39.3 Å². The molecule has 0 saturated heterocycles. The summed E-state index contributed by atoms with van der Waals surface area (Å²) in [5.74, 6) is 0.326. The van der Waals surface area contributed by atoms with Gasteiger partial charge < -0.3 is 14.6 Å². The molecule has 18 heavy (non-hydrogen) atoms. The fourth-order valence-electron chi connectivity index (χ4n) is 2.06. The minimum atomic E-state index is -0.191. The maximum Gasteiger partial charge on any atom is 0.325 e. The predicted octanol–water partition coefficient (Wildman–Crippen LogP) is 2.36. The third kappa shape index (κ3) is 4.18. The van der Waals surface area contributed by atoms with Crippen molar-refractivity contribution in [1.82, 2.24) is 9.88 Å². The number of nitrogens with zero attached hydrogens (tertiary/aromatic N) is 1. The van der Waals surface area contributed by atoms with Crippen molar-refractivity contribution in [2.45, 2.75) is 40.3 Å². The molecule has 0 aromatic carbocycles. The number of esters is 1. The first-order chi connectivity index (χ1) is 8.58. The van der Waals surface area contributed by atoms with Gasteiger partial charge in [0.25, 0.3) is 0 Å². The van der Waals surface area contributed by atoms with E-state index in [0.29, 0.717) is 18.6 Å². The average Bonchev–Trinajstić information content (AvgIpc) is 2.73. The molecule has 0 aliphatic heterocycles. The van der Waals surface area contributed by atoms with Crippen LogP contribution in [0.25, 0.3) is 0 Å². The zero-order valence-electron chi connectivity index (χ0n) is 11.8. The molecule has 1 unspecified atom stereocenters. The Labute approximate surface area is 109 Å². The second-order valence-electron chi connectivity index (χ2n) is 4.70. The van der Waals surface area contributed by atoms with Crippen LogP contribution >= 0.6 is 0 Å². The topological polar surface area (TPSA) is 43.3 Å². The molecule has 4 heteroatoms. The maximum atomic E-state index is 11.4. The molecule has 0 radical (unpaired) electrons. The Morgan fingerprint density at radius 2 is 2.17 bits per heavy atom. The Morgan fingerprint density at radius 1 is 1.44 bits per heavy atom. The summed E-state index contributed by atoms with van der Waals surface area (Å²) < 4.78 is 6.81. The number of hydrogen-bond donors (Lipinski definition) is 1. The van der Waals surface area contributed by atoms with Crippen LogP contribution in [0.3, 0.4) is 0 Å². The lowest BCUT2D eigenvalue weighted by Gasteiger charge is -2.20. The standard InChI is InChI=1S/C14H24N2O2/c1-5-15-14(11(3)4)12-7-8-16(9-12)10-13(17)18-6-2/h7-9,11,14-15H,5-6,10H2,1-4H3. The van der Waals surface area contributed by atoms with Gasteiger partial charge in [0.1, 0.15) is 6.54 Å². The van der Waals surface area contributed by atoms with E-state index >= 15 is 0 Å². The van der Waals surface area contributed by atoms with Crippen molar-refractivity contribution in [1.29, 1.82) is 0 Å². The monoisotopic (exact) mass is 252 g/mol.